The molecule has 1 aliphatic heterocycles. The highest BCUT2D eigenvalue weighted by Crippen LogP contribution is 2.20. The van der Waals surface area contributed by atoms with E-state index in [2.05, 4.69) is 5.10 Å². The second-order valence-corrected chi connectivity index (χ2v) is 9.18. The molecule has 2 heterocycles. The van der Waals surface area contributed by atoms with Gasteiger partial charge >= 0.3 is 0 Å². The zero-order valence-electron chi connectivity index (χ0n) is 15.8. The molecule has 1 amide bonds. The van der Waals surface area contributed by atoms with E-state index in [-0.39, 0.29) is 37.0 Å². The molecule has 10 heteroatoms. The summed E-state index contributed by atoms with van der Waals surface area (Å²) in [5.41, 5.74) is 1.13. The van der Waals surface area contributed by atoms with Gasteiger partial charge in [0.05, 0.1) is 22.3 Å². The van der Waals surface area contributed by atoms with E-state index in [0.717, 1.165) is 11.8 Å². The molecule has 1 aliphatic rings. The number of sulfonamides is 1. The minimum Gasteiger partial charge on any atom is -0.336 e. The third-order valence-electron chi connectivity index (χ3n) is 4.86. The maximum absolute atomic E-state index is 13.4. The van der Waals surface area contributed by atoms with Gasteiger partial charge in [0, 0.05) is 37.4 Å². The highest BCUT2D eigenvalue weighted by Gasteiger charge is 2.31. The average Bonchev–Trinajstić information content (AvgIpc) is 3.24. The number of hydrogen-bond acceptors (Lipinski definition) is 4. The Kier molecular flexibility index (Phi) is 5.59. The number of benzene rings is 2. The molecule has 0 bridgehead atoms. The van der Waals surface area contributed by atoms with Gasteiger partial charge in [0.2, 0.25) is 10.0 Å². The van der Waals surface area contributed by atoms with Gasteiger partial charge in [0.15, 0.2) is 0 Å². The van der Waals surface area contributed by atoms with E-state index in [4.69, 9.17) is 11.6 Å². The van der Waals surface area contributed by atoms with Crippen LogP contribution in [0.25, 0.3) is 5.69 Å². The summed E-state index contributed by atoms with van der Waals surface area (Å²) in [7, 11) is -3.81. The summed E-state index contributed by atoms with van der Waals surface area (Å²) < 4.78 is 41.7. The van der Waals surface area contributed by atoms with Crippen LogP contribution in [0.4, 0.5) is 4.39 Å². The molecule has 7 nitrogen and oxygen atoms in total. The molecule has 1 saturated heterocycles. The zero-order chi connectivity index (χ0) is 21.3. The standard InChI is InChI=1S/C20H18ClFN4O3S/c21-16-3-1-5-18(11-16)26-14-15(13-23-26)20(27)24-7-9-25(10-8-24)30(28,29)19-6-2-4-17(22)12-19/h1-6,11-14H,7-10H2. The lowest BCUT2D eigenvalue weighted by atomic mass is 10.2. The first kappa shape index (κ1) is 20.5. The van der Waals surface area contributed by atoms with Crippen LogP contribution in [-0.2, 0) is 10.0 Å². The number of rotatable bonds is 4. The third-order valence-corrected chi connectivity index (χ3v) is 6.99. The molecule has 2 aromatic carbocycles. The average molecular weight is 449 g/mol. The Hall–Kier alpha value is -2.75. The Bertz CT molecular complexity index is 1190. The number of piperazine rings is 1. The fraction of sp³-hybridized carbons (Fsp3) is 0.200. The van der Waals surface area contributed by atoms with E-state index in [0.29, 0.717) is 10.6 Å². The van der Waals surface area contributed by atoms with Crippen LogP contribution in [0.1, 0.15) is 10.4 Å². The van der Waals surface area contributed by atoms with Crippen molar-refractivity contribution in [2.75, 3.05) is 26.2 Å². The minimum absolute atomic E-state index is 0.0925. The van der Waals surface area contributed by atoms with Crippen molar-refractivity contribution in [3.63, 3.8) is 0 Å². The molecule has 1 fully saturated rings. The largest absolute Gasteiger partial charge is 0.336 e. The summed E-state index contributed by atoms with van der Waals surface area (Å²) >= 11 is 6.00. The van der Waals surface area contributed by atoms with Crippen molar-refractivity contribution in [2.45, 2.75) is 4.90 Å². The van der Waals surface area contributed by atoms with Gasteiger partial charge in [0.25, 0.3) is 5.91 Å². The second-order valence-electron chi connectivity index (χ2n) is 6.81. The maximum Gasteiger partial charge on any atom is 0.257 e. The van der Waals surface area contributed by atoms with E-state index >= 15 is 0 Å². The fourth-order valence-corrected chi connectivity index (χ4v) is 4.92. The molecule has 0 radical (unpaired) electrons. The van der Waals surface area contributed by atoms with Gasteiger partial charge in [-0.05, 0) is 36.4 Å². The van der Waals surface area contributed by atoms with Crippen LogP contribution >= 0.6 is 11.6 Å². The molecular weight excluding hydrogens is 431 g/mol. The van der Waals surface area contributed by atoms with Crippen molar-refractivity contribution in [3.05, 3.63) is 77.3 Å². The Balaban J connectivity index is 1.44. The lowest BCUT2D eigenvalue weighted by Crippen LogP contribution is -2.50. The van der Waals surface area contributed by atoms with Crippen LogP contribution in [-0.4, -0.2) is 59.5 Å². The van der Waals surface area contributed by atoms with E-state index in [9.17, 15) is 17.6 Å². The number of carbonyl (C=O) groups is 1. The van der Waals surface area contributed by atoms with Gasteiger partial charge in [-0.3, -0.25) is 4.79 Å². The Labute approximate surface area is 178 Å². The van der Waals surface area contributed by atoms with Gasteiger partial charge in [0.1, 0.15) is 5.82 Å². The third kappa shape index (κ3) is 4.09. The van der Waals surface area contributed by atoms with Crippen molar-refractivity contribution in [1.82, 2.24) is 19.0 Å². The number of nitrogens with zero attached hydrogens (tertiary/aromatic N) is 4. The number of amides is 1. The summed E-state index contributed by atoms with van der Waals surface area (Å²) in [6, 6.07) is 12.0. The van der Waals surface area contributed by atoms with Crippen molar-refractivity contribution in [3.8, 4) is 5.69 Å². The Morgan fingerprint density at radius 2 is 1.77 bits per heavy atom. The van der Waals surface area contributed by atoms with Gasteiger partial charge in [-0.15, -0.1) is 0 Å². The molecular formula is C20H18ClFN4O3S. The van der Waals surface area contributed by atoms with Crippen LogP contribution in [0.5, 0.6) is 0 Å². The maximum atomic E-state index is 13.4. The molecule has 0 spiro atoms. The number of hydrogen-bond donors (Lipinski definition) is 0. The summed E-state index contributed by atoms with van der Waals surface area (Å²) in [4.78, 5) is 14.3. The smallest absolute Gasteiger partial charge is 0.257 e. The van der Waals surface area contributed by atoms with E-state index in [1.165, 1.54) is 28.7 Å². The second kappa shape index (κ2) is 8.17. The molecule has 0 atom stereocenters. The summed E-state index contributed by atoms with van der Waals surface area (Å²) in [6.07, 6.45) is 3.09. The van der Waals surface area contributed by atoms with E-state index in [1.807, 2.05) is 6.07 Å². The highest BCUT2D eigenvalue weighted by atomic mass is 35.5. The normalized spacial score (nSPS) is 15.3. The summed E-state index contributed by atoms with van der Waals surface area (Å²) in [6.45, 7) is 0.728. The molecule has 0 saturated carbocycles. The first-order valence-electron chi connectivity index (χ1n) is 9.20. The van der Waals surface area contributed by atoms with Gasteiger partial charge in [-0.25, -0.2) is 17.5 Å². The fourth-order valence-electron chi connectivity index (χ4n) is 3.28. The summed E-state index contributed by atoms with van der Waals surface area (Å²) in [5.74, 6) is -0.840. The predicted octanol–water partition coefficient (Wildman–Crippen LogP) is 2.81. The zero-order valence-corrected chi connectivity index (χ0v) is 17.4. The van der Waals surface area contributed by atoms with Crippen LogP contribution < -0.4 is 0 Å². The van der Waals surface area contributed by atoms with Crippen molar-refractivity contribution < 1.29 is 17.6 Å². The molecule has 156 valence electrons. The van der Waals surface area contributed by atoms with Gasteiger partial charge < -0.3 is 4.90 Å². The molecule has 3 aromatic rings. The topological polar surface area (TPSA) is 75.5 Å². The molecule has 30 heavy (non-hydrogen) atoms. The Morgan fingerprint density at radius 3 is 2.47 bits per heavy atom. The van der Waals surface area contributed by atoms with Crippen molar-refractivity contribution in [1.29, 1.82) is 0 Å². The number of aromatic nitrogens is 2. The van der Waals surface area contributed by atoms with E-state index in [1.54, 1.807) is 34.0 Å². The SMILES string of the molecule is O=C(c1cnn(-c2cccc(Cl)c2)c1)N1CCN(S(=O)(=O)c2cccc(F)c2)CC1. The minimum atomic E-state index is -3.81. The van der Waals surface area contributed by atoms with Crippen LogP contribution in [0, 0.1) is 5.82 Å². The van der Waals surface area contributed by atoms with Gasteiger partial charge in [-0.1, -0.05) is 23.7 Å². The van der Waals surface area contributed by atoms with Crippen LogP contribution in [0.15, 0.2) is 65.8 Å². The monoisotopic (exact) mass is 448 g/mol. The predicted molar refractivity (Wildman–Crippen MR) is 110 cm³/mol. The van der Waals surface area contributed by atoms with Crippen molar-refractivity contribution in [2.24, 2.45) is 0 Å². The van der Waals surface area contributed by atoms with Crippen LogP contribution in [0.2, 0.25) is 5.02 Å². The molecule has 0 unspecified atom stereocenters. The van der Waals surface area contributed by atoms with Crippen LogP contribution in [0.3, 0.4) is 0 Å². The number of halogens is 2. The van der Waals surface area contributed by atoms with E-state index < -0.39 is 15.8 Å². The first-order valence-corrected chi connectivity index (χ1v) is 11.0. The van der Waals surface area contributed by atoms with Crippen molar-refractivity contribution >= 4 is 27.5 Å². The summed E-state index contributed by atoms with van der Waals surface area (Å²) in [5, 5.41) is 4.78. The van der Waals surface area contributed by atoms with Gasteiger partial charge in [-0.2, -0.15) is 9.40 Å². The quantitative estimate of drug-likeness (QED) is 0.615. The molecule has 4 rings (SSSR count). The lowest BCUT2D eigenvalue weighted by molar-refractivity contribution is 0.0698. The first-order chi connectivity index (χ1) is 14.3. The highest BCUT2D eigenvalue weighted by molar-refractivity contribution is 7.89. The number of carbonyl (C=O) groups excluding carboxylic acids is 1. The molecule has 0 aliphatic carbocycles. The molecule has 1 aromatic heterocycles. The Morgan fingerprint density at radius 1 is 1.03 bits per heavy atom. The lowest BCUT2D eigenvalue weighted by Gasteiger charge is -2.33. The molecule has 0 N–H and O–H groups in total.